The van der Waals surface area contributed by atoms with Crippen molar-refractivity contribution < 1.29 is 23.5 Å². The average molecular weight is 630 g/mol. The molecule has 1 fully saturated rings. The monoisotopic (exact) mass is 628 g/mol. The molecule has 2 aromatic carbocycles. The Bertz CT molecular complexity index is 1260. The van der Waals surface area contributed by atoms with Crippen LogP contribution in [0.2, 0.25) is 18.1 Å². The van der Waals surface area contributed by atoms with Gasteiger partial charge in [-0.2, -0.15) is 0 Å². The van der Waals surface area contributed by atoms with Gasteiger partial charge in [0.05, 0.1) is 29.3 Å². The van der Waals surface area contributed by atoms with Crippen LogP contribution in [0, 0.1) is 0 Å². The number of benzene rings is 2. The van der Waals surface area contributed by atoms with E-state index in [2.05, 4.69) is 49.8 Å². The smallest absolute Gasteiger partial charge is 0.410 e. The Morgan fingerprint density at radius 2 is 1.52 bits per heavy atom. The molecule has 2 aromatic rings. The maximum atomic E-state index is 13.8. The average Bonchev–Trinajstić information content (AvgIpc) is 3.29. The third kappa shape index (κ3) is 6.21. The van der Waals surface area contributed by atoms with Gasteiger partial charge in [-0.05, 0) is 81.6 Å². The lowest BCUT2D eigenvalue weighted by molar-refractivity contribution is 0.00107. The Hall–Kier alpha value is -2.49. The number of carbonyl (C=O) groups excluding carboxylic acids is 3. The quantitative estimate of drug-likeness (QED) is 0.253. The summed E-state index contributed by atoms with van der Waals surface area (Å²) in [5.74, 6) is -0.678. The van der Waals surface area contributed by atoms with Crippen LogP contribution >= 0.6 is 15.9 Å². The summed E-state index contributed by atoms with van der Waals surface area (Å²) in [7, 11) is -2.20. The molecular weight excluding hydrogens is 588 g/mol. The zero-order valence-electron chi connectivity index (χ0n) is 24.8. The second kappa shape index (κ2) is 10.7. The van der Waals surface area contributed by atoms with E-state index in [0.29, 0.717) is 30.5 Å². The molecule has 2 aliphatic heterocycles. The van der Waals surface area contributed by atoms with Crippen LogP contribution in [-0.2, 0) is 15.6 Å². The van der Waals surface area contributed by atoms with Gasteiger partial charge in [-0.1, -0.05) is 61.0 Å². The Balaban J connectivity index is 1.79. The lowest BCUT2D eigenvalue weighted by atomic mass is 9.87. The van der Waals surface area contributed by atoms with Crippen molar-refractivity contribution in [3.05, 3.63) is 69.7 Å². The van der Waals surface area contributed by atoms with Crippen LogP contribution in [0.25, 0.3) is 0 Å². The van der Waals surface area contributed by atoms with Crippen molar-refractivity contribution >= 4 is 42.2 Å². The standard InChI is InChI=1S/C31H41BrN2O5Si/c1-29(2,3)38-28(37)34-19-23(39-40(7,8)30(4,5)6)18-31(34,17-21-13-15-22(32)16-14-21)20-33-26(35)24-11-9-10-12-25(24)27(33)36/h9-16,23H,17-20H2,1-8H3. The summed E-state index contributed by atoms with van der Waals surface area (Å²) in [4.78, 5) is 43.9. The molecule has 9 heteroatoms. The van der Waals surface area contributed by atoms with E-state index >= 15 is 0 Å². The summed E-state index contributed by atoms with van der Waals surface area (Å²) >= 11 is 3.51. The van der Waals surface area contributed by atoms with E-state index in [1.54, 1.807) is 29.2 Å². The molecular formula is C31H41BrN2O5Si. The maximum absolute atomic E-state index is 13.8. The van der Waals surface area contributed by atoms with Crippen LogP contribution < -0.4 is 0 Å². The maximum Gasteiger partial charge on any atom is 0.410 e. The van der Waals surface area contributed by atoms with Crippen LogP contribution in [0.3, 0.4) is 0 Å². The van der Waals surface area contributed by atoms with E-state index in [9.17, 15) is 14.4 Å². The van der Waals surface area contributed by atoms with Crippen molar-refractivity contribution in [2.75, 3.05) is 13.1 Å². The number of halogens is 1. The summed E-state index contributed by atoms with van der Waals surface area (Å²) in [5, 5.41) is -0.0246. The van der Waals surface area contributed by atoms with Crippen molar-refractivity contribution in [2.45, 2.75) is 89.8 Å². The van der Waals surface area contributed by atoms with Crippen molar-refractivity contribution in [1.82, 2.24) is 9.80 Å². The van der Waals surface area contributed by atoms with Crippen LogP contribution in [0.4, 0.5) is 4.79 Å². The largest absolute Gasteiger partial charge is 0.444 e. The summed E-state index contributed by atoms with van der Waals surface area (Å²) in [5.41, 5.74) is 0.135. The normalized spacial score (nSPS) is 21.7. The fourth-order valence-electron chi connectivity index (χ4n) is 5.29. The Kier molecular flexibility index (Phi) is 8.17. The molecule has 0 spiro atoms. The number of fused-ring (bicyclic) bond motifs is 1. The lowest BCUT2D eigenvalue weighted by Crippen LogP contribution is -2.57. The molecule has 0 aromatic heterocycles. The second-order valence-corrected chi connectivity index (χ2v) is 19.2. The minimum Gasteiger partial charge on any atom is -0.444 e. The van der Waals surface area contributed by atoms with Gasteiger partial charge in [0.2, 0.25) is 0 Å². The first-order chi connectivity index (χ1) is 18.4. The van der Waals surface area contributed by atoms with E-state index in [0.717, 1.165) is 10.0 Å². The van der Waals surface area contributed by atoms with Crippen molar-refractivity contribution in [1.29, 1.82) is 0 Å². The molecule has 0 aliphatic carbocycles. The zero-order chi connectivity index (χ0) is 29.7. The number of hydrogen-bond donors (Lipinski definition) is 0. The molecule has 0 radical (unpaired) electrons. The Morgan fingerprint density at radius 1 is 0.975 bits per heavy atom. The number of amides is 3. The van der Waals surface area contributed by atoms with Gasteiger partial charge in [-0.25, -0.2) is 4.79 Å². The highest BCUT2D eigenvalue weighted by atomic mass is 79.9. The summed E-state index contributed by atoms with van der Waals surface area (Å²) in [6.07, 6.45) is 0.175. The molecule has 2 atom stereocenters. The molecule has 2 aliphatic rings. The molecule has 1 saturated heterocycles. The number of imide groups is 1. The van der Waals surface area contributed by atoms with Crippen LogP contribution in [0.1, 0.15) is 74.2 Å². The fraction of sp³-hybridized carbons (Fsp3) is 0.516. The number of carbonyl (C=O) groups is 3. The third-order valence-electron chi connectivity index (χ3n) is 8.22. The van der Waals surface area contributed by atoms with Crippen molar-refractivity contribution in [3.63, 3.8) is 0 Å². The van der Waals surface area contributed by atoms with Gasteiger partial charge < -0.3 is 9.16 Å². The van der Waals surface area contributed by atoms with Crippen LogP contribution in [0.5, 0.6) is 0 Å². The number of ether oxygens (including phenoxy) is 1. The highest BCUT2D eigenvalue weighted by Gasteiger charge is 2.54. The summed E-state index contributed by atoms with van der Waals surface area (Å²) < 4.78 is 13.7. The predicted octanol–water partition coefficient (Wildman–Crippen LogP) is 7.06. The third-order valence-corrected chi connectivity index (χ3v) is 13.3. The first kappa shape index (κ1) is 30.5. The molecule has 0 bridgehead atoms. The highest BCUT2D eigenvalue weighted by Crippen LogP contribution is 2.43. The van der Waals surface area contributed by atoms with E-state index in [4.69, 9.17) is 9.16 Å². The van der Waals surface area contributed by atoms with Gasteiger partial charge in [0.25, 0.3) is 11.8 Å². The van der Waals surface area contributed by atoms with E-state index in [1.807, 2.05) is 45.0 Å². The van der Waals surface area contributed by atoms with Gasteiger partial charge in [-0.3, -0.25) is 19.4 Å². The summed E-state index contributed by atoms with van der Waals surface area (Å²) in [6, 6.07) is 14.8. The van der Waals surface area contributed by atoms with Gasteiger partial charge in [0.1, 0.15) is 5.60 Å². The second-order valence-electron chi connectivity index (χ2n) is 13.6. The van der Waals surface area contributed by atoms with Crippen LogP contribution in [-0.4, -0.2) is 66.4 Å². The van der Waals surface area contributed by atoms with Crippen molar-refractivity contribution in [2.24, 2.45) is 0 Å². The molecule has 40 heavy (non-hydrogen) atoms. The van der Waals surface area contributed by atoms with Gasteiger partial charge in [0.15, 0.2) is 8.32 Å². The summed E-state index contributed by atoms with van der Waals surface area (Å²) in [6.45, 7) is 16.8. The molecule has 0 saturated carbocycles. The Morgan fingerprint density at radius 3 is 2.02 bits per heavy atom. The Labute approximate surface area is 247 Å². The predicted molar refractivity (Wildman–Crippen MR) is 162 cm³/mol. The molecule has 0 N–H and O–H groups in total. The minimum atomic E-state index is -2.20. The number of rotatable bonds is 6. The van der Waals surface area contributed by atoms with Gasteiger partial charge >= 0.3 is 6.09 Å². The number of likely N-dealkylation sites (tertiary alicyclic amines) is 1. The van der Waals surface area contributed by atoms with Crippen LogP contribution in [0.15, 0.2) is 53.0 Å². The molecule has 2 heterocycles. The number of hydrogen-bond acceptors (Lipinski definition) is 5. The van der Waals surface area contributed by atoms with E-state index in [1.165, 1.54) is 4.90 Å². The topological polar surface area (TPSA) is 76.2 Å². The van der Waals surface area contributed by atoms with Gasteiger partial charge in [-0.15, -0.1) is 0 Å². The SMILES string of the molecule is CC(C)(C)OC(=O)N1CC(O[Si](C)(C)C(C)(C)C)CC1(Cc1ccc(Br)cc1)CN1C(=O)c2ccccc2C1=O. The lowest BCUT2D eigenvalue weighted by Gasteiger charge is -2.41. The molecule has 7 nitrogen and oxygen atoms in total. The number of nitrogens with zero attached hydrogens (tertiary/aromatic N) is 2. The molecule has 3 amide bonds. The highest BCUT2D eigenvalue weighted by molar-refractivity contribution is 9.10. The molecule has 4 rings (SSSR count). The van der Waals surface area contributed by atoms with Crippen molar-refractivity contribution in [3.8, 4) is 0 Å². The van der Waals surface area contributed by atoms with Gasteiger partial charge in [0, 0.05) is 11.0 Å². The first-order valence-electron chi connectivity index (χ1n) is 13.8. The van der Waals surface area contributed by atoms with E-state index < -0.39 is 25.6 Å². The first-order valence-corrected chi connectivity index (χ1v) is 17.5. The minimum absolute atomic E-state index is 0.0246. The molecule has 2 unspecified atom stereocenters. The zero-order valence-corrected chi connectivity index (χ0v) is 27.4. The fourth-order valence-corrected chi connectivity index (χ4v) is 6.90. The van der Waals surface area contributed by atoms with E-state index in [-0.39, 0.29) is 29.5 Å². The molecule has 216 valence electrons.